The van der Waals surface area contributed by atoms with Crippen LogP contribution in [0.3, 0.4) is 0 Å². The summed E-state index contributed by atoms with van der Waals surface area (Å²) in [6.07, 6.45) is 0. The smallest absolute Gasteiger partial charge is 0.256 e. The summed E-state index contributed by atoms with van der Waals surface area (Å²) >= 11 is 0. The maximum atomic E-state index is 12.1. The lowest BCUT2D eigenvalue weighted by Gasteiger charge is -2.35. The van der Waals surface area contributed by atoms with Crippen molar-refractivity contribution in [1.29, 1.82) is 0 Å². The predicted molar refractivity (Wildman–Crippen MR) is 89.7 cm³/mol. The van der Waals surface area contributed by atoms with Gasteiger partial charge in [0.05, 0.1) is 5.69 Å². The van der Waals surface area contributed by atoms with Crippen molar-refractivity contribution < 1.29 is 9.90 Å². The lowest BCUT2D eigenvalue weighted by atomic mass is 10.1. The van der Waals surface area contributed by atoms with Crippen LogP contribution in [0.1, 0.15) is 19.5 Å². The average Bonchev–Trinajstić information content (AvgIpc) is 2.96. The quantitative estimate of drug-likeness (QED) is 0.914. The zero-order chi connectivity index (χ0) is 17.1. The van der Waals surface area contributed by atoms with E-state index in [-0.39, 0.29) is 17.7 Å². The second-order valence-corrected chi connectivity index (χ2v) is 6.36. The molecule has 2 aromatic rings. The zero-order valence-electron chi connectivity index (χ0n) is 14.1. The van der Waals surface area contributed by atoms with Gasteiger partial charge in [-0.3, -0.25) is 9.69 Å². The van der Waals surface area contributed by atoms with Crippen LogP contribution in [0, 0.1) is 5.92 Å². The number of carbonyl (C=O) groups excluding carboxylic acids is 1. The van der Waals surface area contributed by atoms with E-state index < -0.39 is 0 Å². The van der Waals surface area contributed by atoms with Gasteiger partial charge in [0, 0.05) is 38.6 Å². The van der Waals surface area contributed by atoms with Crippen LogP contribution < -0.4 is 0 Å². The van der Waals surface area contributed by atoms with Gasteiger partial charge < -0.3 is 10.0 Å². The summed E-state index contributed by atoms with van der Waals surface area (Å²) < 4.78 is 1.67. The summed E-state index contributed by atoms with van der Waals surface area (Å²) in [6.45, 7) is 7.39. The molecule has 24 heavy (non-hydrogen) atoms. The molecule has 128 valence electrons. The fourth-order valence-electron chi connectivity index (χ4n) is 2.91. The first kappa shape index (κ1) is 16.4. The molecule has 1 aliphatic heterocycles. The molecule has 2 heterocycles. The molecule has 1 aliphatic rings. The maximum Gasteiger partial charge on any atom is 0.256 e. The van der Waals surface area contributed by atoms with E-state index in [4.69, 9.17) is 0 Å². The summed E-state index contributed by atoms with van der Waals surface area (Å²) in [6, 6.07) is 9.64. The third-order valence-corrected chi connectivity index (χ3v) is 4.29. The third kappa shape index (κ3) is 3.41. The molecule has 3 rings (SSSR count). The van der Waals surface area contributed by atoms with Crippen molar-refractivity contribution >= 4 is 5.91 Å². The molecule has 1 aromatic carbocycles. The summed E-state index contributed by atoms with van der Waals surface area (Å²) in [7, 11) is 0. The van der Waals surface area contributed by atoms with Crippen molar-refractivity contribution in [3.05, 3.63) is 36.0 Å². The molecule has 0 atom stereocenters. The fourth-order valence-corrected chi connectivity index (χ4v) is 2.91. The van der Waals surface area contributed by atoms with E-state index in [1.807, 2.05) is 49.1 Å². The molecule has 0 saturated carbocycles. The number of nitrogens with zero attached hydrogens (tertiary/aromatic N) is 5. The van der Waals surface area contributed by atoms with Gasteiger partial charge in [-0.2, -0.15) is 0 Å². The van der Waals surface area contributed by atoms with E-state index in [0.29, 0.717) is 25.3 Å². The van der Waals surface area contributed by atoms with Crippen LogP contribution in [0.2, 0.25) is 0 Å². The van der Waals surface area contributed by atoms with Gasteiger partial charge in [-0.15, -0.1) is 0 Å². The van der Waals surface area contributed by atoms with E-state index in [9.17, 15) is 9.90 Å². The number of hydrogen-bond acceptors (Lipinski definition) is 5. The van der Waals surface area contributed by atoms with Gasteiger partial charge in [-0.1, -0.05) is 42.4 Å². The second-order valence-electron chi connectivity index (χ2n) is 6.36. The Morgan fingerprint density at radius 2 is 1.83 bits per heavy atom. The van der Waals surface area contributed by atoms with Crippen LogP contribution in [-0.2, 0) is 11.3 Å². The minimum atomic E-state index is -0.0421. The summed E-state index contributed by atoms with van der Waals surface area (Å²) in [5.41, 5.74) is 1.54. The Bertz CT molecular complexity index is 690. The average molecular weight is 329 g/mol. The van der Waals surface area contributed by atoms with Crippen LogP contribution in [0.4, 0.5) is 0 Å². The number of aromatic hydroxyl groups is 1. The monoisotopic (exact) mass is 329 g/mol. The number of aromatic nitrogens is 3. The molecule has 0 spiro atoms. The Kier molecular flexibility index (Phi) is 4.80. The lowest BCUT2D eigenvalue weighted by molar-refractivity contribution is -0.136. The van der Waals surface area contributed by atoms with E-state index in [1.165, 1.54) is 0 Å². The van der Waals surface area contributed by atoms with Crippen molar-refractivity contribution in [2.45, 2.75) is 20.4 Å². The number of piperazine rings is 1. The van der Waals surface area contributed by atoms with Crippen LogP contribution in [0.25, 0.3) is 5.69 Å². The molecule has 0 aliphatic carbocycles. The first-order valence-corrected chi connectivity index (χ1v) is 8.26. The van der Waals surface area contributed by atoms with Gasteiger partial charge in [-0.05, 0) is 12.1 Å². The van der Waals surface area contributed by atoms with E-state index in [2.05, 4.69) is 15.2 Å². The first-order valence-electron chi connectivity index (χ1n) is 8.26. The molecular weight excluding hydrogens is 306 g/mol. The molecule has 0 unspecified atom stereocenters. The van der Waals surface area contributed by atoms with E-state index in [0.717, 1.165) is 18.8 Å². The maximum absolute atomic E-state index is 12.1. The van der Waals surface area contributed by atoms with Gasteiger partial charge in [0.15, 0.2) is 0 Å². The Labute approximate surface area is 141 Å². The van der Waals surface area contributed by atoms with Crippen molar-refractivity contribution in [2.24, 2.45) is 5.92 Å². The molecule has 1 aromatic heterocycles. The Morgan fingerprint density at radius 3 is 2.46 bits per heavy atom. The van der Waals surface area contributed by atoms with Crippen LogP contribution in [-0.4, -0.2) is 62.0 Å². The SMILES string of the molecule is CC(C)C(=O)N1CCN(Cc2c(O)nnn2-c2ccccc2)CC1. The van der Waals surface area contributed by atoms with E-state index >= 15 is 0 Å². The number of amides is 1. The molecule has 1 saturated heterocycles. The van der Waals surface area contributed by atoms with Crippen molar-refractivity contribution in [3.8, 4) is 11.6 Å². The molecule has 0 bridgehead atoms. The van der Waals surface area contributed by atoms with Gasteiger partial charge in [0.2, 0.25) is 5.91 Å². The van der Waals surface area contributed by atoms with Gasteiger partial charge in [0.25, 0.3) is 5.88 Å². The van der Waals surface area contributed by atoms with Crippen LogP contribution in [0.15, 0.2) is 30.3 Å². The number of rotatable bonds is 4. The standard InChI is InChI=1S/C17H23N5O2/c1-13(2)17(24)21-10-8-20(9-11-21)12-15-16(23)18-19-22(15)14-6-4-3-5-7-14/h3-7,13,23H,8-12H2,1-2H3. The summed E-state index contributed by atoms with van der Waals surface area (Å²) in [5.74, 6) is 0.192. The van der Waals surface area contributed by atoms with Crippen molar-refractivity contribution in [1.82, 2.24) is 24.8 Å². The molecule has 1 fully saturated rings. The van der Waals surface area contributed by atoms with Crippen molar-refractivity contribution in [2.75, 3.05) is 26.2 Å². The van der Waals surface area contributed by atoms with E-state index in [1.54, 1.807) is 4.68 Å². The van der Waals surface area contributed by atoms with Crippen LogP contribution in [0.5, 0.6) is 5.88 Å². The predicted octanol–water partition coefficient (Wildman–Crippen LogP) is 1.27. The molecular formula is C17H23N5O2. The highest BCUT2D eigenvalue weighted by molar-refractivity contribution is 5.78. The Morgan fingerprint density at radius 1 is 1.17 bits per heavy atom. The summed E-state index contributed by atoms with van der Waals surface area (Å²) in [5, 5.41) is 17.9. The van der Waals surface area contributed by atoms with Gasteiger partial charge in [0.1, 0.15) is 5.69 Å². The van der Waals surface area contributed by atoms with Gasteiger partial charge in [-0.25, -0.2) is 4.68 Å². The summed E-state index contributed by atoms with van der Waals surface area (Å²) in [4.78, 5) is 16.2. The Balaban J connectivity index is 1.68. The minimum Gasteiger partial charge on any atom is -0.491 e. The van der Waals surface area contributed by atoms with Crippen LogP contribution >= 0.6 is 0 Å². The number of carbonyl (C=O) groups is 1. The second kappa shape index (κ2) is 7.00. The first-order chi connectivity index (χ1) is 11.6. The minimum absolute atomic E-state index is 0.0318. The molecule has 7 heteroatoms. The molecule has 0 radical (unpaired) electrons. The molecule has 1 amide bonds. The number of hydrogen-bond donors (Lipinski definition) is 1. The number of benzene rings is 1. The van der Waals surface area contributed by atoms with Gasteiger partial charge >= 0.3 is 0 Å². The lowest BCUT2D eigenvalue weighted by Crippen LogP contribution is -2.49. The normalized spacial score (nSPS) is 15.9. The fraction of sp³-hybridized carbons (Fsp3) is 0.471. The highest BCUT2D eigenvalue weighted by Gasteiger charge is 2.25. The Hall–Kier alpha value is -2.41. The largest absolute Gasteiger partial charge is 0.491 e. The highest BCUT2D eigenvalue weighted by atomic mass is 16.3. The highest BCUT2D eigenvalue weighted by Crippen LogP contribution is 2.20. The topological polar surface area (TPSA) is 74.5 Å². The molecule has 7 nitrogen and oxygen atoms in total. The number of para-hydroxylation sites is 1. The molecule has 1 N–H and O–H groups in total. The zero-order valence-corrected chi connectivity index (χ0v) is 14.1. The third-order valence-electron chi connectivity index (χ3n) is 4.29. The van der Waals surface area contributed by atoms with Crippen molar-refractivity contribution in [3.63, 3.8) is 0 Å².